The number of hydrogen-bond acceptors (Lipinski definition) is 3. The second kappa shape index (κ2) is 4.06. The minimum absolute atomic E-state index is 0. The molecule has 0 saturated heterocycles. The molecule has 0 spiro atoms. The van der Waals surface area contributed by atoms with Crippen molar-refractivity contribution in [3.8, 4) is 5.69 Å². The van der Waals surface area contributed by atoms with E-state index in [1.165, 1.54) is 4.68 Å². The number of nitrogens with zero attached hydrogens (tertiary/aromatic N) is 4. The van der Waals surface area contributed by atoms with Gasteiger partial charge in [0.1, 0.15) is 10.9 Å². The predicted octanol–water partition coefficient (Wildman–Crippen LogP) is -3.32. The van der Waals surface area contributed by atoms with E-state index in [2.05, 4.69) is 10.4 Å². The number of halogens is 1. The van der Waals surface area contributed by atoms with Crippen LogP contribution in [0.3, 0.4) is 0 Å². The molecule has 1 heterocycles. The van der Waals surface area contributed by atoms with Crippen LogP contribution >= 0.6 is 0 Å². The Kier molecular flexibility index (Phi) is 3.03. The summed E-state index contributed by atoms with van der Waals surface area (Å²) in [4.78, 5) is 0. The fourth-order valence-corrected chi connectivity index (χ4v) is 1.08. The van der Waals surface area contributed by atoms with Gasteiger partial charge in [0, 0.05) is 0 Å². The number of aryl methyl sites for hydroxylation is 1. The summed E-state index contributed by atoms with van der Waals surface area (Å²) < 4.78 is 3.10. The summed E-state index contributed by atoms with van der Waals surface area (Å²) in [6.07, 6.45) is 0. The molecule has 0 fully saturated rings. The van der Waals surface area contributed by atoms with Crippen molar-refractivity contribution in [2.45, 2.75) is 0 Å². The molecule has 1 aromatic heterocycles. The molecule has 74 valence electrons. The number of aromatic nitrogens is 4. The first kappa shape index (κ1) is 10.5. The van der Waals surface area contributed by atoms with Gasteiger partial charge in [0.05, 0.1) is 12.3 Å². The van der Waals surface area contributed by atoms with Crippen molar-refractivity contribution in [3.05, 3.63) is 30.3 Å². The third-order valence-corrected chi connectivity index (χ3v) is 1.81. The molecule has 0 unspecified atom stereocenters. The van der Waals surface area contributed by atoms with Crippen LogP contribution in [-0.2, 0) is 7.05 Å². The minimum Gasteiger partial charge on any atom is -1.00 e. The number of benzene rings is 1. The van der Waals surface area contributed by atoms with E-state index in [-0.39, 0.29) is 12.4 Å². The van der Waals surface area contributed by atoms with Gasteiger partial charge in [0.25, 0.3) is 0 Å². The zero-order valence-electron chi connectivity index (χ0n) is 7.63. The van der Waals surface area contributed by atoms with Gasteiger partial charge in [0.15, 0.2) is 0 Å². The fraction of sp³-hybridized carbons (Fsp3) is 0.125. The van der Waals surface area contributed by atoms with Crippen LogP contribution in [-0.4, -0.2) is 15.1 Å². The molecule has 0 radical (unpaired) electrons. The van der Waals surface area contributed by atoms with Crippen LogP contribution in [0, 0.1) is 0 Å². The van der Waals surface area contributed by atoms with Crippen molar-refractivity contribution in [2.75, 3.05) is 5.73 Å². The largest absolute Gasteiger partial charge is 1.00 e. The Morgan fingerprint density at radius 1 is 1.29 bits per heavy atom. The number of para-hydroxylation sites is 1. The number of tetrazole rings is 1. The maximum Gasteiger partial charge on any atom is 0.367 e. The molecule has 0 amide bonds. The Morgan fingerprint density at radius 2 is 1.93 bits per heavy atom. The Bertz CT molecular complexity index is 411. The van der Waals surface area contributed by atoms with E-state index in [9.17, 15) is 0 Å². The molecule has 2 rings (SSSR count). The molecule has 0 aliphatic carbocycles. The number of nitrogen functional groups attached to an aromatic ring is 1. The number of hydrogen-bond donors (Lipinski definition) is 1. The van der Waals surface area contributed by atoms with Gasteiger partial charge < -0.3 is 18.1 Å². The van der Waals surface area contributed by atoms with Crippen LogP contribution in [0.4, 0.5) is 5.95 Å². The number of anilines is 1. The summed E-state index contributed by atoms with van der Waals surface area (Å²) in [5.41, 5.74) is 6.65. The average molecular weight is 212 g/mol. The van der Waals surface area contributed by atoms with Crippen LogP contribution in [0.2, 0.25) is 0 Å². The second-order valence-electron chi connectivity index (χ2n) is 2.71. The molecule has 0 atom stereocenters. The van der Waals surface area contributed by atoms with E-state index >= 15 is 0 Å². The summed E-state index contributed by atoms with van der Waals surface area (Å²) in [5, 5.41) is 7.69. The Morgan fingerprint density at radius 3 is 2.43 bits per heavy atom. The van der Waals surface area contributed by atoms with Gasteiger partial charge in [-0.05, 0) is 12.1 Å². The van der Waals surface area contributed by atoms with Crippen LogP contribution in [0.25, 0.3) is 5.69 Å². The molecular weight excluding hydrogens is 202 g/mol. The predicted molar refractivity (Wildman–Crippen MR) is 46.9 cm³/mol. The summed E-state index contributed by atoms with van der Waals surface area (Å²) >= 11 is 0. The van der Waals surface area contributed by atoms with Crippen molar-refractivity contribution in [3.63, 3.8) is 0 Å². The Balaban J connectivity index is 0.000000980. The molecule has 2 N–H and O–H groups in total. The van der Waals surface area contributed by atoms with Crippen molar-refractivity contribution in [1.29, 1.82) is 0 Å². The summed E-state index contributed by atoms with van der Waals surface area (Å²) in [5.74, 6) is 0.506. The van der Waals surface area contributed by atoms with Gasteiger partial charge in [-0.1, -0.05) is 22.9 Å². The zero-order valence-corrected chi connectivity index (χ0v) is 8.39. The smallest absolute Gasteiger partial charge is 0.367 e. The highest BCUT2D eigenvalue weighted by Gasteiger charge is 2.13. The molecule has 5 nitrogen and oxygen atoms in total. The van der Waals surface area contributed by atoms with E-state index in [0.29, 0.717) is 5.95 Å². The van der Waals surface area contributed by atoms with Gasteiger partial charge in [0.2, 0.25) is 0 Å². The third-order valence-electron chi connectivity index (χ3n) is 1.81. The first-order valence-electron chi connectivity index (χ1n) is 3.92. The molecular formula is C8H10ClN5. The summed E-state index contributed by atoms with van der Waals surface area (Å²) in [7, 11) is 1.75. The van der Waals surface area contributed by atoms with Crippen LogP contribution < -0.4 is 22.8 Å². The monoisotopic (exact) mass is 211 g/mol. The lowest BCUT2D eigenvalue weighted by molar-refractivity contribution is -0.717. The van der Waals surface area contributed by atoms with Crippen LogP contribution in [0.1, 0.15) is 0 Å². The van der Waals surface area contributed by atoms with Crippen molar-refractivity contribution in [1.82, 2.24) is 15.1 Å². The first-order valence-corrected chi connectivity index (χ1v) is 3.92. The highest BCUT2D eigenvalue weighted by atomic mass is 35.5. The second-order valence-corrected chi connectivity index (χ2v) is 2.71. The standard InChI is InChI=1S/C8H9N5.ClH/c1-12-8(9)13(11-10-12)7-5-3-2-4-6-7;/h2-6,9H,1H3;1H. The molecule has 0 bridgehead atoms. The lowest BCUT2D eigenvalue weighted by Gasteiger charge is -1.92. The third kappa shape index (κ3) is 1.67. The summed E-state index contributed by atoms with van der Waals surface area (Å²) in [6, 6.07) is 9.64. The van der Waals surface area contributed by atoms with Crippen LogP contribution in [0.15, 0.2) is 30.3 Å². The SMILES string of the molecule is C[n+]1nnn(-c2ccccc2)c1N.[Cl-]. The molecule has 0 saturated carbocycles. The van der Waals surface area contributed by atoms with Crippen molar-refractivity contribution >= 4 is 5.95 Å². The first-order chi connectivity index (χ1) is 6.29. The normalized spacial score (nSPS) is 9.50. The molecule has 2 aromatic rings. The summed E-state index contributed by atoms with van der Waals surface area (Å²) in [6.45, 7) is 0. The maximum atomic E-state index is 5.74. The molecule has 0 aliphatic rings. The van der Waals surface area contributed by atoms with Gasteiger partial charge in [-0.15, -0.1) is 4.68 Å². The van der Waals surface area contributed by atoms with Crippen molar-refractivity contribution < 1.29 is 17.1 Å². The van der Waals surface area contributed by atoms with Gasteiger partial charge >= 0.3 is 5.95 Å². The highest BCUT2D eigenvalue weighted by molar-refractivity contribution is 5.33. The average Bonchev–Trinajstić information content (AvgIpc) is 2.49. The fourth-order valence-electron chi connectivity index (χ4n) is 1.08. The van der Waals surface area contributed by atoms with E-state index in [1.807, 2.05) is 30.3 Å². The zero-order chi connectivity index (χ0) is 9.26. The van der Waals surface area contributed by atoms with E-state index in [1.54, 1.807) is 11.7 Å². The van der Waals surface area contributed by atoms with Gasteiger partial charge in [-0.3, -0.25) is 0 Å². The Labute approximate surface area is 87.5 Å². The maximum absolute atomic E-state index is 5.74. The van der Waals surface area contributed by atoms with Crippen LogP contribution in [0.5, 0.6) is 0 Å². The van der Waals surface area contributed by atoms with E-state index in [4.69, 9.17) is 5.73 Å². The van der Waals surface area contributed by atoms with Gasteiger partial charge in [-0.2, -0.15) is 0 Å². The lowest BCUT2D eigenvalue weighted by Crippen LogP contribution is -3.00. The lowest BCUT2D eigenvalue weighted by atomic mass is 10.3. The molecule has 0 aliphatic heterocycles. The quantitative estimate of drug-likeness (QED) is 0.503. The molecule has 6 heteroatoms. The molecule has 14 heavy (non-hydrogen) atoms. The topological polar surface area (TPSA) is 60.6 Å². The van der Waals surface area contributed by atoms with Gasteiger partial charge in [-0.25, -0.2) is 0 Å². The minimum atomic E-state index is 0. The van der Waals surface area contributed by atoms with E-state index < -0.39 is 0 Å². The number of nitrogens with two attached hydrogens (primary N) is 1. The number of rotatable bonds is 1. The van der Waals surface area contributed by atoms with E-state index in [0.717, 1.165) is 5.69 Å². The Hall–Kier alpha value is -1.62. The molecule has 1 aromatic carbocycles. The van der Waals surface area contributed by atoms with Crippen molar-refractivity contribution in [2.24, 2.45) is 7.05 Å². The highest BCUT2D eigenvalue weighted by Crippen LogP contribution is 2.05.